The van der Waals surface area contributed by atoms with E-state index in [2.05, 4.69) is 4.98 Å². The summed E-state index contributed by atoms with van der Waals surface area (Å²) in [7, 11) is 0. The summed E-state index contributed by atoms with van der Waals surface area (Å²) in [6, 6.07) is 5.87. The average molecular weight is 247 g/mol. The van der Waals surface area contributed by atoms with Gasteiger partial charge in [0.15, 0.2) is 0 Å². The minimum absolute atomic E-state index is 0.157. The smallest absolute Gasteiger partial charge is 0.254 e. The fraction of sp³-hybridized carbons (Fsp3) is 0.231. The Morgan fingerprint density at radius 2 is 2.06 bits per heavy atom. The normalized spacial score (nSPS) is 10.6. The number of aryl methyl sites for hydroxylation is 2. The number of hydrogen-bond acceptors (Lipinski definition) is 3. The second kappa shape index (κ2) is 4.60. The SMILES string of the molecule is Cc1cc(=O)n(Cc2ccc(N)cc2F)c(C)n1. The first-order valence-corrected chi connectivity index (χ1v) is 5.56. The van der Waals surface area contributed by atoms with Crippen LogP contribution in [-0.2, 0) is 6.54 Å². The molecule has 1 heterocycles. The first kappa shape index (κ1) is 12.3. The third-order valence-corrected chi connectivity index (χ3v) is 2.73. The molecule has 2 aromatic rings. The van der Waals surface area contributed by atoms with E-state index < -0.39 is 5.82 Å². The zero-order valence-electron chi connectivity index (χ0n) is 10.3. The first-order valence-electron chi connectivity index (χ1n) is 5.56. The fourth-order valence-electron chi connectivity index (χ4n) is 1.82. The Hall–Kier alpha value is -2.17. The third-order valence-electron chi connectivity index (χ3n) is 2.73. The molecule has 1 aromatic heterocycles. The van der Waals surface area contributed by atoms with Gasteiger partial charge in [0, 0.05) is 23.0 Å². The van der Waals surface area contributed by atoms with Gasteiger partial charge in [-0.25, -0.2) is 9.37 Å². The predicted octanol–water partition coefficient (Wildman–Crippen LogP) is 1.63. The fourth-order valence-corrected chi connectivity index (χ4v) is 1.82. The van der Waals surface area contributed by atoms with Gasteiger partial charge < -0.3 is 5.73 Å². The van der Waals surface area contributed by atoms with E-state index in [9.17, 15) is 9.18 Å². The number of aromatic nitrogens is 2. The Morgan fingerprint density at radius 3 is 2.67 bits per heavy atom. The molecule has 0 unspecified atom stereocenters. The van der Waals surface area contributed by atoms with Crippen LogP contribution in [-0.4, -0.2) is 9.55 Å². The van der Waals surface area contributed by atoms with Gasteiger partial charge in [-0.15, -0.1) is 0 Å². The topological polar surface area (TPSA) is 60.9 Å². The molecular weight excluding hydrogens is 233 g/mol. The summed E-state index contributed by atoms with van der Waals surface area (Å²) >= 11 is 0. The number of rotatable bonds is 2. The van der Waals surface area contributed by atoms with Crippen molar-refractivity contribution < 1.29 is 4.39 Å². The van der Waals surface area contributed by atoms with Crippen molar-refractivity contribution >= 4 is 5.69 Å². The van der Waals surface area contributed by atoms with E-state index in [1.807, 2.05) is 0 Å². The van der Waals surface area contributed by atoms with Gasteiger partial charge in [0.1, 0.15) is 11.6 Å². The van der Waals surface area contributed by atoms with Gasteiger partial charge >= 0.3 is 0 Å². The lowest BCUT2D eigenvalue weighted by molar-refractivity contribution is 0.589. The largest absolute Gasteiger partial charge is 0.399 e. The van der Waals surface area contributed by atoms with E-state index >= 15 is 0 Å². The van der Waals surface area contributed by atoms with Gasteiger partial charge in [-0.2, -0.15) is 0 Å². The molecule has 0 fully saturated rings. The highest BCUT2D eigenvalue weighted by Crippen LogP contribution is 2.13. The molecule has 0 saturated carbocycles. The van der Waals surface area contributed by atoms with E-state index in [0.717, 1.165) is 0 Å². The van der Waals surface area contributed by atoms with Gasteiger partial charge in [0.25, 0.3) is 5.56 Å². The molecule has 1 aromatic carbocycles. The molecule has 0 amide bonds. The molecule has 0 aliphatic carbocycles. The second-order valence-electron chi connectivity index (χ2n) is 4.22. The molecule has 2 N–H and O–H groups in total. The van der Waals surface area contributed by atoms with Crippen LogP contribution in [0.4, 0.5) is 10.1 Å². The molecule has 0 spiro atoms. The molecule has 0 aliphatic rings. The van der Waals surface area contributed by atoms with Gasteiger partial charge in [-0.1, -0.05) is 6.07 Å². The Labute approximate surface area is 104 Å². The number of halogens is 1. The summed E-state index contributed by atoms with van der Waals surface area (Å²) in [5.41, 5.74) is 6.73. The maximum atomic E-state index is 13.7. The van der Waals surface area contributed by atoms with Crippen LogP contribution in [0.2, 0.25) is 0 Å². The molecule has 0 aliphatic heterocycles. The lowest BCUT2D eigenvalue weighted by Gasteiger charge is -2.10. The molecule has 0 saturated heterocycles. The molecule has 0 radical (unpaired) electrons. The van der Waals surface area contributed by atoms with Crippen LogP contribution in [0.3, 0.4) is 0 Å². The van der Waals surface area contributed by atoms with Crippen molar-refractivity contribution in [1.82, 2.24) is 9.55 Å². The second-order valence-corrected chi connectivity index (χ2v) is 4.22. The van der Waals surface area contributed by atoms with Crippen molar-refractivity contribution in [3.8, 4) is 0 Å². The summed E-state index contributed by atoms with van der Waals surface area (Å²) in [5, 5.41) is 0. The Bertz CT molecular complexity index is 649. The highest BCUT2D eigenvalue weighted by atomic mass is 19.1. The van der Waals surface area contributed by atoms with E-state index in [1.165, 1.54) is 16.7 Å². The van der Waals surface area contributed by atoms with Crippen molar-refractivity contribution in [2.45, 2.75) is 20.4 Å². The monoisotopic (exact) mass is 247 g/mol. The zero-order chi connectivity index (χ0) is 13.3. The first-order chi connectivity index (χ1) is 8.47. The number of nitrogen functional groups attached to an aromatic ring is 1. The summed E-state index contributed by atoms with van der Waals surface area (Å²) < 4.78 is 15.1. The van der Waals surface area contributed by atoms with Crippen molar-refractivity contribution in [2.24, 2.45) is 0 Å². The van der Waals surface area contributed by atoms with Gasteiger partial charge in [-0.05, 0) is 26.0 Å². The van der Waals surface area contributed by atoms with Gasteiger partial charge in [0.2, 0.25) is 0 Å². The summed E-state index contributed by atoms with van der Waals surface area (Å²) in [6.45, 7) is 3.64. The zero-order valence-corrected chi connectivity index (χ0v) is 10.3. The molecule has 2 rings (SSSR count). The number of nitrogens with zero attached hydrogens (tertiary/aromatic N) is 2. The number of nitrogens with two attached hydrogens (primary N) is 1. The molecule has 18 heavy (non-hydrogen) atoms. The lowest BCUT2D eigenvalue weighted by atomic mass is 10.2. The highest BCUT2D eigenvalue weighted by molar-refractivity contribution is 5.40. The Kier molecular flexibility index (Phi) is 3.14. The van der Waals surface area contributed by atoms with E-state index in [-0.39, 0.29) is 12.1 Å². The van der Waals surface area contributed by atoms with Crippen LogP contribution in [0.15, 0.2) is 29.1 Å². The Balaban J connectivity index is 2.43. The third kappa shape index (κ3) is 2.40. The van der Waals surface area contributed by atoms with Crippen LogP contribution in [0.25, 0.3) is 0 Å². The number of benzene rings is 1. The van der Waals surface area contributed by atoms with Gasteiger partial charge in [-0.3, -0.25) is 9.36 Å². The van der Waals surface area contributed by atoms with E-state index in [4.69, 9.17) is 5.73 Å². The average Bonchev–Trinajstić information content (AvgIpc) is 2.25. The number of hydrogen-bond donors (Lipinski definition) is 1. The molecule has 5 heteroatoms. The van der Waals surface area contributed by atoms with Crippen LogP contribution in [0.1, 0.15) is 17.1 Å². The minimum Gasteiger partial charge on any atom is -0.399 e. The maximum Gasteiger partial charge on any atom is 0.254 e. The van der Waals surface area contributed by atoms with Crippen molar-refractivity contribution in [3.63, 3.8) is 0 Å². The molecule has 0 bridgehead atoms. The summed E-state index contributed by atoms with van der Waals surface area (Å²) in [6.07, 6.45) is 0. The van der Waals surface area contributed by atoms with Crippen LogP contribution in [0.5, 0.6) is 0 Å². The quantitative estimate of drug-likeness (QED) is 0.820. The molecule has 4 nitrogen and oxygen atoms in total. The summed E-state index contributed by atoms with van der Waals surface area (Å²) in [4.78, 5) is 16.0. The van der Waals surface area contributed by atoms with Crippen molar-refractivity contribution in [3.05, 3.63) is 57.5 Å². The van der Waals surface area contributed by atoms with Crippen molar-refractivity contribution in [1.29, 1.82) is 0 Å². The van der Waals surface area contributed by atoms with Crippen LogP contribution >= 0.6 is 0 Å². The number of anilines is 1. The van der Waals surface area contributed by atoms with Crippen LogP contribution < -0.4 is 11.3 Å². The van der Waals surface area contributed by atoms with Crippen LogP contribution in [0, 0.1) is 19.7 Å². The summed E-state index contributed by atoms with van der Waals surface area (Å²) in [5.74, 6) is 0.151. The predicted molar refractivity (Wildman–Crippen MR) is 67.9 cm³/mol. The molecular formula is C13H14FN3O. The minimum atomic E-state index is -0.415. The molecule has 94 valence electrons. The van der Waals surface area contributed by atoms with Crippen molar-refractivity contribution in [2.75, 3.05) is 5.73 Å². The highest BCUT2D eigenvalue weighted by Gasteiger charge is 2.07. The standard InChI is InChI=1S/C13H14FN3O/c1-8-5-13(18)17(9(2)16-8)7-10-3-4-11(15)6-12(10)14/h3-6H,7,15H2,1-2H3. The van der Waals surface area contributed by atoms with Gasteiger partial charge in [0.05, 0.1) is 6.54 Å². The van der Waals surface area contributed by atoms with E-state index in [1.54, 1.807) is 26.0 Å². The lowest BCUT2D eigenvalue weighted by Crippen LogP contribution is -2.24. The van der Waals surface area contributed by atoms with E-state index in [0.29, 0.717) is 22.8 Å². The molecule has 0 atom stereocenters. The maximum absolute atomic E-state index is 13.7. The Morgan fingerprint density at radius 1 is 1.33 bits per heavy atom.